The van der Waals surface area contributed by atoms with E-state index < -0.39 is 4.92 Å². The van der Waals surface area contributed by atoms with E-state index in [4.69, 9.17) is 0 Å². The molecule has 0 radical (unpaired) electrons. The second kappa shape index (κ2) is 6.79. The number of aryl methyl sites for hydroxylation is 1. The van der Waals surface area contributed by atoms with E-state index in [0.717, 1.165) is 22.8 Å². The van der Waals surface area contributed by atoms with Gasteiger partial charge in [0.25, 0.3) is 5.69 Å². The van der Waals surface area contributed by atoms with Gasteiger partial charge in [0.1, 0.15) is 6.54 Å². The van der Waals surface area contributed by atoms with Crippen LogP contribution >= 0.6 is 0 Å². The van der Waals surface area contributed by atoms with Gasteiger partial charge in [0.2, 0.25) is 5.91 Å². The van der Waals surface area contributed by atoms with Crippen LogP contribution in [0.15, 0.2) is 42.5 Å². The normalized spacial score (nSPS) is 10.7. The minimum Gasteiger partial charge on any atom is -0.335 e. The molecule has 0 unspecified atom stereocenters. The van der Waals surface area contributed by atoms with Crippen molar-refractivity contribution in [2.75, 3.05) is 5.32 Å². The minimum absolute atomic E-state index is 0.00230. The third-order valence-electron chi connectivity index (χ3n) is 4.41. The number of nitrogens with zero attached hydrogens (tertiary/aromatic N) is 2. The van der Waals surface area contributed by atoms with Crippen LogP contribution < -0.4 is 5.32 Å². The van der Waals surface area contributed by atoms with Gasteiger partial charge >= 0.3 is 0 Å². The molecule has 1 amide bonds. The molecule has 7 nitrogen and oxygen atoms in total. The number of hydrogen-bond donors (Lipinski definition) is 1. The number of nitro groups is 1. The first kappa shape index (κ1) is 17.3. The van der Waals surface area contributed by atoms with Crippen LogP contribution in [0.25, 0.3) is 10.9 Å². The van der Waals surface area contributed by atoms with Crippen molar-refractivity contribution in [1.29, 1.82) is 0 Å². The second-order valence-electron chi connectivity index (χ2n) is 6.02. The van der Waals surface area contributed by atoms with Crippen LogP contribution in [0.1, 0.15) is 21.6 Å². The molecule has 1 N–H and O–H groups in total. The van der Waals surface area contributed by atoms with E-state index in [9.17, 15) is 19.7 Å². The van der Waals surface area contributed by atoms with E-state index in [1.807, 2.05) is 24.3 Å². The van der Waals surface area contributed by atoms with Crippen molar-refractivity contribution >= 4 is 34.5 Å². The number of amides is 1. The molecular weight excluding hydrogens is 334 g/mol. The third-order valence-corrected chi connectivity index (χ3v) is 4.41. The quantitative estimate of drug-likeness (QED) is 0.431. The average molecular weight is 351 g/mol. The van der Waals surface area contributed by atoms with Gasteiger partial charge in [0.15, 0.2) is 6.29 Å². The van der Waals surface area contributed by atoms with Crippen LogP contribution in [-0.2, 0) is 11.3 Å². The maximum atomic E-state index is 12.5. The number of benzene rings is 2. The number of aldehydes is 1. The summed E-state index contributed by atoms with van der Waals surface area (Å²) in [6, 6.07) is 11.7. The molecule has 132 valence electrons. The lowest BCUT2D eigenvalue weighted by Crippen LogP contribution is -2.20. The smallest absolute Gasteiger partial charge is 0.271 e. The van der Waals surface area contributed by atoms with Crippen LogP contribution in [0.2, 0.25) is 0 Å². The van der Waals surface area contributed by atoms with Crippen LogP contribution in [0.3, 0.4) is 0 Å². The molecule has 0 atom stereocenters. The SMILES string of the molecule is Cc1ccc([N+](=O)[O-])cc1NC(=O)Cn1c(C)c(C=O)c2ccccc21. The Balaban J connectivity index is 1.91. The standard InChI is InChI=1S/C19H17N3O4/c1-12-7-8-14(22(25)26)9-17(12)20-19(24)10-21-13(2)16(11-23)15-5-3-4-6-18(15)21/h3-9,11H,10H2,1-2H3,(H,20,24). The summed E-state index contributed by atoms with van der Waals surface area (Å²) in [4.78, 5) is 34.3. The lowest BCUT2D eigenvalue weighted by atomic mass is 10.1. The molecule has 7 heteroatoms. The van der Waals surface area contributed by atoms with Gasteiger partial charge in [-0.1, -0.05) is 24.3 Å². The van der Waals surface area contributed by atoms with Crippen molar-refractivity contribution in [3.05, 3.63) is 69.4 Å². The van der Waals surface area contributed by atoms with Crippen molar-refractivity contribution < 1.29 is 14.5 Å². The van der Waals surface area contributed by atoms with Crippen molar-refractivity contribution in [1.82, 2.24) is 4.57 Å². The number of anilines is 1. The number of nitro benzene ring substituents is 1. The van der Waals surface area contributed by atoms with E-state index in [-0.39, 0.29) is 18.1 Å². The zero-order valence-corrected chi connectivity index (χ0v) is 14.4. The number of hydrogen-bond acceptors (Lipinski definition) is 4. The molecule has 0 aliphatic rings. The Morgan fingerprint density at radius 3 is 2.65 bits per heavy atom. The van der Waals surface area contributed by atoms with Crippen LogP contribution in [0.5, 0.6) is 0 Å². The fourth-order valence-electron chi connectivity index (χ4n) is 3.00. The summed E-state index contributed by atoms with van der Waals surface area (Å²) >= 11 is 0. The van der Waals surface area contributed by atoms with Gasteiger partial charge in [-0.3, -0.25) is 19.7 Å². The van der Waals surface area contributed by atoms with Gasteiger partial charge in [-0.25, -0.2) is 0 Å². The first-order chi connectivity index (χ1) is 12.4. The lowest BCUT2D eigenvalue weighted by Gasteiger charge is -2.11. The molecule has 0 bridgehead atoms. The van der Waals surface area contributed by atoms with E-state index in [1.165, 1.54) is 12.1 Å². The second-order valence-corrected chi connectivity index (χ2v) is 6.02. The van der Waals surface area contributed by atoms with Gasteiger partial charge in [-0.15, -0.1) is 0 Å². The number of carbonyl (C=O) groups excluding carboxylic acids is 2. The highest BCUT2D eigenvalue weighted by atomic mass is 16.6. The summed E-state index contributed by atoms with van der Waals surface area (Å²) in [5.74, 6) is -0.324. The van der Waals surface area contributed by atoms with E-state index >= 15 is 0 Å². The highest BCUT2D eigenvalue weighted by Crippen LogP contribution is 2.25. The maximum absolute atomic E-state index is 12.5. The van der Waals surface area contributed by atoms with Gasteiger partial charge < -0.3 is 9.88 Å². The number of para-hydroxylation sites is 1. The number of fused-ring (bicyclic) bond motifs is 1. The minimum atomic E-state index is -0.505. The molecule has 1 heterocycles. The van der Waals surface area contributed by atoms with E-state index in [2.05, 4.69) is 5.32 Å². The number of carbonyl (C=O) groups is 2. The lowest BCUT2D eigenvalue weighted by molar-refractivity contribution is -0.384. The molecule has 3 aromatic rings. The first-order valence-electron chi connectivity index (χ1n) is 8.00. The molecular formula is C19H17N3O4. The van der Waals surface area contributed by atoms with Crippen LogP contribution in [-0.4, -0.2) is 21.7 Å². The zero-order chi connectivity index (χ0) is 18.8. The largest absolute Gasteiger partial charge is 0.335 e. The van der Waals surface area contributed by atoms with Crippen LogP contribution in [0, 0.1) is 24.0 Å². The summed E-state index contributed by atoms with van der Waals surface area (Å²) in [5, 5.41) is 14.4. The first-order valence-corrected chi connectivity index (χ1v) is 8.00. The highest BCUT2D eigenvalue weighted by molar-refractivity contribution is 6.00. The molecule has 0 saturated carbocycles. The summed E-state index contributed by atoms with van der Waals surface area (Å²) in [6.45, 7) is 3.55. The zero-order valence-electron chi connectivity index (χ0n) is 14.4. The Bertz CT molecular complexity index is 1040. The topological polar surface area (TPSA) is 94.2 Å². The Labute approximate surface area is 149 Å². The van der Waals surface area contributed by atoms with Crippen molar-refractivity contribution in [3.8, 4) is 0 Å². The predicted octanol–water partition coefficient (Wildman–Crippen LogP) is 3.62. The molecule has 0 fully saturated rings. The Kier molecular flexibility index (Phi) is 4.53. The summed E-state index contributed by atoms with van der Waals surface area (Å²) in [7, 11) is 0. The molecule has 26 heavy (non-hydrogen) atoms. The van der Waals surface area contributed by atoms with Gasteiger partial charge in [-0.2, -0.15) is 0 Å². The molecule has 0 aliphatic heterocycles. The van der Waals surface area contributed by atoms with Crippen molar-refractivity contribution in [2.24, 2.45) is 0 Å². The molecule has 2 aromatic carbocycles. The molecule has 0 aliphatic carbocycles. The Morgan fingerprint density at radius 2 is 1.96 bits per heavy atom. The molecule has 3 rings (SSSR count). The summed E-state index contributed by atoms with van der Waals surface area (Å²) in [5.41, 5.74) is 3.09. The molecule has 0 saturated heterocycles. The maximum Gasteiger partial charge on any atom is 0.271 e. The fraction of sp³-hybridized carbons (Fsp3) is 0.158. The van der Waals surface area contributed by atoms with Crippen molar-refractivity contribution in [2.45, 2.75) is 20.4 Å². The molecule has 0 spiro atoms. The van der Waals surface area contributed by atoms with E-state index in [0.29, 0.717) is 16.9 Å². The highest BCUT2D eigenvalue weighted by Gasteiger charge is 2.16. The Hall–Kier alpha value is -3.48. The number of aromatic nitrogens is 1. The molecule has 1 aromatic heterocycles. The van der Waals surface area contributed by atoms with Gasteiger partial charge in [0.05, 0.1) is 10.6 Å². The number of nitrogens with one attached hydrogen (secondary N) is 1. The number of rotatable bonds is 5. The Morgan fingerprint density at radius 1 is 1.23 bits per heavy atom. The monoisotopic (exact) mass is 351 g/mol. The van der Waals surface area contributed by atoms with Crippen LogP contribution in [0.4, 0.5) is 11.4 Å². The average Bonchev–Trinajstić information content (AvgIpc) is 2.88. The third kappa shape index (κ3) is 3.06. The van der Waals surface area contributed by atoms with Gasteiger partial charge in [-0.05, 0) is 25.5 Å². The van der Waals surface area contributed by atoms with Crippen molar-refractivity contribution in [3.63, 3.8) is 0 Å². The fourth-order valence-corrected chi connectivity index (χ4v) is 3.00. The van der Waals surface area contributed by atoms with E-state index in [1.54, 1.807) is 24.5 Å². The summed E-state index contributed by atoms with van der Waals surface area (Å²) < 4.78 is 1.76. The predicted molar refractivity (Wildman–Crippen MR) is 98.5 cm³/mol. The number of non-ortho nitro benzene ring substituents is 1. The summed E-state index contributed by atoms with van der Waals surface area (Å²) in [6.07, 6.45) is 0.788. The van der Waals surface area contributed by atoms with Gasteiger partial charge in [0, 0.05) is 34.3 Å².